The van der Waals surface area contributed by atoms with E-state index in [1.54, 1.807) is 0 Å². The van der Waals surface area contributed by atoms with E-state index in [0.717, 1.165) is 6.20 Å². The molecule has 1 aliphatic rings. The fraction of sp³-hybridized carbons (Fsp3) is 0.571. The average molecular weight is 374 g/mol. The topological polar surface area (TPSA) is 134 Å². The molecule has 1 saturated heterocycles. The summed E-state index contributed by atoms with van der Waals surface area (Å²) in [5.74, 6) is -1.42. The maximum atomic E-state index is 13.4. The quantitative estimate of drug-likeness (QED) is 0.722. The van der Waals surface area contributed by atoms with Gasteiger partial charge in [0, 0.05) is 19.0 Å². The molecule has 0 spiro atoms. The second-order valence-corrected chi connectivity index (χ2v) is 6.22. The highest BCUT2D eigenvalue weighted by atomic mass is 19.4. The number of nitrogens with zero attached hydrogens (tertiary/aromatic N) is 4. The molecule has 142 valence electrons. The molecule has 3 heterocycles. The minimum atomic E-state index is -5.13. The Morgan fingerprint density at radius 3 is 2.81 bits per heavy atom. The molecular weight excluding hydrogens is 357 g/mol. The monoisotopic (exact) mass is 374 g/mol. The second kappa shape index (κ2) is 6.27. The summed E-state index contributed by atoms with van der Waals surface area (Å²) in [4.78, 5) is 21.1. The number of rotatable bonds is 4. The van der Waals surface area contributed by atoms with E-state index in [2.05, 4.69) is 20.2 Å². The number of anilines is 1. The molecule has 3 rings (SSSR count). The lowest BCUT2D eigenvalue weighted by molar-refractivity contribution is -0.275. The molecule has 0 radical (unpaired) electrons. The van der Waals surface area contributed by atoms with Crippen LogP contribution in [0.4, 0.5) is 19.1 Å². The summed E-state index contributed by atoms with van der Waals surface area (Å²) in [5, 5.41) is 16.5. The van der Waals surface area contributed by atoms with Gasteiger partial charge < -0.3 is 20.2 Å². The van der Waals surface area contributed by atoms with Crippen LogP contribution in [0.15, 0.2) is 10.6 Å². The van der Waals surface area contributed by atoms with Gasteiger partial charge in [0.1, 0.15) is 11.6 Å². The molecule has 9 nitrogen and oxygen atoms in total. The first-order valence-electron chi connectivity index (χ1n) is 7.77. The number of aryl methyl sites for hydroxylation is 1. The van der Waals surface area contributed by atoms with E-state index in [1.807, 2.05) is 0 Å². The van der Waals surface area contributed by atoms with Crippen LogP contribution < -0.4 is 5.73 Å². The summed E-state index contributed by atoms with van der Waals surface area (Å²) in [5.41, 5.74) is 1.94. The van der Waals surface area contributed by atoms with Gasteiger partial charge in [-0.15, -0.1) is 5.10 Å². The molecule has 2 aromatic rings. The lowest BCUT2D eigenvalue weighted by Crippen LogP contribution is -2.47. The number of alkyl halides is 3. The Kier molecular flexibility index (Phi) is 4.38. The Labute approximate surface area is 145 Å². The Morgan fingerprint density at radius 1 is 1.54 bits per heavy atom. The van der Waals surface area contributed by atoms with Crippen LogP contribution in [-0.4, -0.2) is 55.3 Å². The van der Waals surface area contributed by atoms with Crippen LogP contribution in [0.1, 0.15) is 36.2 Å². The van der Waals surface area contributed by atoms with Gasteiger partial charge in [-0.25, -0.2) is 4.98 Å². The van der Waals surface area contributed by atoms with Gasteiger partial charge in [-0.3, -0.25) is 9.89 Å². The summed E-state index contributed by atoms with van der Waals surface area (Å²) < 4.78 is 45.1. The van der Waals surface area contributed by atoms with Gasteiger partial charge in [0.25, 0.3) is 0 Å². The fourth-order valence-electron chi connectivity index (χ4n) is 2.85. The minimum absolute atomic E-state index is 0.0514. The number of carbonyl (C=O) groups excluding carboxylic acids is 1. The van der Waals surface area contributed by atoms with Crippen molar-refractivity contribution in [1.29, 1.82) is 0 Å². The van der Waals surface area contributed by atoms with E-state index in [1.165, 1.54) is 11.8 Å². The van der Waals surface area contributed by atoms with E-state index in [9.17, 15) is 23.1 Å². The van der Waals surface area contributed by atoms with Crippen molar-refractivity contribution in [3.05, 3.63) is 23.7 Å². The van der Waals surface area contributed by atoms with Gasteiger partial charge in [-0.05, 0) is 13.3 Å². The smallest absolute Gasteiger partial charge is 0.426 e. The van der Waals surface area contributed by atoms with E-state index in [4.69, 9.17) is 10.2 Å². The van der Waals surface area contributed by atoms with E-state index >= 15 is 0 Å². The van der Waals surface area contributed by atoms with E-state index in [-0.39, 0.29) is 30.7 Å². The molecule has 26 heavy (non-hydrogen) atoms. The molecule has 0 aliphatic carbocycles. The van der Waals surface area contributed by atoms with Crippen molar-refractivity contribution in [3.63, 3.8) is 0 Å². The van der Waals surface area contributed by atoms with Crippen molar-refractivity contribution in [3.8, 4) is 0 Å². The van der Waals surface area contributed by atoms with Gasteiger partial charge >= 0.3 is 6.18 Å². The molecule has 4 N–H and O–H groups in total. The zero-order valence-corrected chi connectivity index (χ0v) is 13.7. The predicted molar refractivity (Wildman–Crippen MR) is 80.5 cm³/mol. The van der Waals surface area contributed by atoms with Crippen molar-refractivity contribution < 1.29 is 27.5 Å². The number of amides is 1. The first-order chi connectivity index (χ1) is 12.1. The lowest BCUT2D eigenvalue weighted by Gasteiger charge is -2.28. The largest absolute Gasteiger partial charge is 0.443 e. The van der Waals surface area contributed by atoms with Crippen LogP contribution in [0.25, 0.3) is 0 Å². The molecule has 1 fully saturated rings. The summed E-state index contributed by atoms with van der Waals surface area (Å²) >= 11 is 0. The van der Waals surface area contributed by atoms with Crippen LogP contribution >= 0.6 is 0 Å². The van der Waals surface area contributed by atoms with Gasteiger partial charge in [0.05, 0.1) is 12.6 Å². The van der Waals surface area contributed by atoms with Crippen LogP contribution in [0.3, 0.4) is 0 Å². The molecule has 12 heteroatoms. The van der Waals surface area contributed by atoms with Crippen molar-refractivity contribution in [2.45, 2.75) is 37.5 Å². The maximum absolute atomic E-state index is 13.4. The molecule has 1 aliphatic heterocycles. The standard InChI is InChI=1S/C14H17F3N6O3/c1-7-5-19-11(26-7)13(25,14(15,16)17)4-9(24)23-3-2-8(6-23)10-20-12(18)22-21-10/h5,8,25H,2-4,6H2,1H3,(H3,18,20,21,22). The number of likely N-dealkylation sites (tertiary alicyclic amines) is 1. The second-order valence-electron chi connectivity index (χ2n) is 6.22. The maximum Gasteiger partial charge on any atom is 0.426 e. The molecule has 0 aromatic carbocycles. The number of aromatic nitrogens is 4. The number of carbonyl (C=O) groups is 1. The number of nitrogen functional groups attached to an aromatic ring is 1. The predicted octanol–water partition coefficient (Wildman–Crippen LogP) is 0.839. The van der Waals surface area contributed by atoms with Crippen molar-refractivity contribution in [1.82, 2.24) is 25.1 Å². The summed E-state index contributed by atoms with van der Waals surface area (Å²) in [6.07, 6.45) is -4.81. The zero-order valence-electron chi connectivity index (χ0n) is 13.7. The van der Waals surface area contributed by atoms with E-state index in [0.29, 0.717) is 12.2 Å². The number of halogens is 3. The lowest BCUT2D eigenvalue weighted by atomic mass is 9.98. The summed E-state index contributed by atoms with van der Waals surface area (Å²) in [6.45, 7) is 1.76. The minimum Gasteiger partial charge on any atom is -0.443 e. The van der Waals surface area contributed by atoms with Gasteiger partial charge in [-0.1, -0.05) is 0 Å². The van der Waals surface area contributed by atoms with E-state index < -0.39 is 30.0 Å². The molecule has 2 unspecified atom stereocenters. The number of oxazole rings is 1. The van der Waals surface area contributed by atoms with Crippen LogP contribution in [0.5, 0.6) is 0 Å². The third-order valence-electron chi connectivity index (χ3n) is 4.30. The fourth-order valence-corrected chi connectivity index (χ4v) is 2.85. The third kappa shape index (κ3) is 3.23. The number of hydrogen-bond donors (Lipinski definition) is 3. The first kappa shape index (κ1) is 18.2. The number of H-pyrrole nitrogens is 1. The number of aliphatic hydroxyl groups is 1. The first-order valence-corrected chi connectivity index (χ1v) is 7.77. The SMILES string of the molecule is Cc1cnc(C(O)(CC(=O)N2CCC(c3nc(N)n[nH]3)C2)C(F)(F)F)o1. The molecule has 1 amide bonds. The molecule has 0 saturated carbocycles. The molecule has 2 aromatic heterocycles. The van der Waals surface area contributed by atoms with Crippen molar-refractivity contribution in [2.75, 3.05) is 18.8 Å². The number of nitrogens with two attached hydrogens (primary N) is 1. The zero-order chi connectivity index (χ0) is 19.1. The van der Waals surface area contributed by atoms with Crippen molar-refractivity contribution in [2.24, 2.45) is 0 Å². The Morgan fingerprint density at radius 2 is 2.27 bits per heavy atom. The number of aromatic amines is 1. The van der Waals surface area contributed by atoms with Crippen LogP contribution in [0.2, 0.25) is 0 Å². The van der Waals surface area contributed by atoms with Gasteiger partial charge in [-0.2, -0.15) is 18.2 Å². The van der Waals surface area contributed by atoms with Crippen LogP contribution in [-0.2, 0) is 10.4 Å². The molecule has 0 bridgehead atoms. The highest BCUT2D eigenvalue weighted by Gasteiger charge is 2.60. The highest BCUT2D eigenvalue weighted by Crippen LogP contribution is 2.42. The summed E-state index contributed by atoms with van der Waals surface area (Å²) in [6, 6.07) is 0. The van der Waals surface area contributed by atoms with Crippen LogP contribution in [0, 0.1) is 6.92 Å². The third-order valence-corrected chi connectivity index (χ3v) is 4.30. The Balaban J connectivity index is 1.75. The average Bonchev–Trinajstić information content (AvgIpc) is 3.25. The summed E-state index contributed by atoms with van der Waals surface area (Å²) in [7, 11) is 0. The number of nitrogens with one attached hydrogen (secondary N) is 1. The number of hydrogen-bond acceptors (Lipinski definition) is 7. The Hall–Kier alpha value is -2.63. The molecule has 2 atom stereocenters. The van der Waals surface area contributed by atoms with Crippen molar-refractivity contribution >= 4 is 11.9 Å². The van der Waals surface area contributed by atoms with Gasteiger partial charge in [0.15, 0.2) is 0 Å². The molecular formula is C14H17F3N6O3. The highest BCUT2D eigenvalue weighted by molar-refractivity contribution is 5.78. The normalized spacial score (nSPS) is 20.3. The van der Waals surface area contributed by atoms with Gasteiger partial charge in [0.2, 0.25) is 23.3 Å². The Bertz CT molecular complexity index is 804.